The standard InChI is InChI=1S/C44H27N3OS/c1-2-11-26(12-3-1)27-21-22-33-37(25-27)47(36-24-23-30-28-13-5-8-19-38(28)48-42(30)40(33)36)44-45-35-18-7-4-15-32(35)41(46-44)34-17-10-16-31-29-14-6-9-20-39(29)49-43(31)34/h1-25,44-45H. The molecule has 1 aliphatic heterocycles. The Balaban J connectivity index is 1.22. The third-order valence-corrected chi connectivity index (χ3v) is 11.3. The molecule has 49 heavy (non-hydrogen) atoms. The van der Waals surface area contributed by atoms with Gasteiger partial charge in [-0.15, -0.1) is 11.3 Å². The monoisotopic (exact) mass is 645 g/mol. The molecule has 3 aromatic heterocycles. The first-order chi connectivity index (χ1) is 24.3. The van der Waals surface area contributed by atoms with Gasteiger partial charge < -0.3 is 14.3 Å². The van der Waals surface area contributed by atoms with E-state index in [1.54, 1.807) is 0 Å². The van der Waals surface area contributed by atoms with Gasteiger partial charge in [0.25, 0.3) is 0 Å². The maximum atomic E-state index is 6.64. The van der Waals surface area contributed by atoms with Crippen LogP contribution in [0.15, 0.2) is 161 Å². The molecule has 0 spiro atoms. The van der Waals surface area contributed by atoms with Crippen molar-refractivity contribution in [2.24, 2.45) is 4.99 Å². The van der Waals surface area contributed by atoms with Crippen LogP contribution >= 0.6 is 11.3 Å². The maximum absolute atomic E-state index is 6.64. The van der Waals surface area contributed by atoms with Crippen LogP contribution in [-0.4, -0.2) is 10.3 Å². The highest BCUT2D eigenvalue weighted by Gasteiger charge is 2.28. The fraction of sp³-hybridized carbons (Fsp3) is 0.0227. The van der Waals surface area contributed by atoms with Crippen LogP contribution in [0.25, 0.3) is 75.0 Å². The molecular formula is C44H27N3OS. The summed E-state index contributed by atoms with van der Waals surface area (Å²) >= 11 is 1.84. The van der Waals surface area contributed by atoms with Gasteiger partial charge in [-0.1, -0.05) is 115 Å². The minimum atomic E-state index is -0.401. The minimum Gasteiger partial charge on any atom is -0.455 e. The first-order valence-corrected chi connectivity index (χ1v) is 17.4. The Morgan fingerprint density at radius 1 is 0.571 bits per heavy atom. The predicted molar refractivity (Wildman–Crippen MR) is 206 cm³/mol. The van der Waals surface area contributed by atoms with Gasteiger partial charge in [-0.25, -0.2) is 4.99 Å². The van der Waals surface area contributed by atoms with E-state index >= 15 is 0 Å². The number of nitrogens with one attached hydrogen (secondary N) is 1. The SMILES string of the molecule is c1ccc(-c2ccc3c4c5oc6ccccc6c5ccc4n(C4N=C(c5cccc6c5sc5ccccc56)c5ccccc5N4)c3c2)cc1. The van der Waals surface area contributed by atoms with Crippen molar-refractivity contribution in [3.8, 4) is 11.1 Å². The normalized spacial score (nSPS) is 14.6. The topological polar surface area (TPSA) is 42.5 Å². The average Bonchev–Trinajstić information content (AvgIpc) is 3.84. The lowest BCUT2D eigenvalue weighted by atomic mass is 9.97. The quantitative estimate of drug-likeness (QED) is 0.208. The molecule has 7 aromatic carbocycles. The molecule has 4 heterocycles. The van der Waals surface area contributed by atoms with Crippen molar-refractivity contribution in [1.29, 1.82) is 0 Å². The highest BCUT2D eigenvalue weighted by atomic mass is 32.1. The van der Waals surface area contributed by atoms with Crippen molar-refractivity contribution in [2.75, 3.05) is 5.32 Å². The number of fused-ring (bicyclic) bond motifs is 11. The zero-order valence-corrected chi connectivity index (χ0v) is 27.0. The van der Waals surface area contributed by atoms with Crippen LogP contribution in [0.2, 0.25) is 0 Å². The second kappa shape index (κ2) is 10.2. The Morgan fingerprint density at radius 3 is 2.27 bits per heavy atom. The average molecular weight is 646 g/mol. The van der Waals surface area contributed by atoms with Gasteiger partial charge in [0.1, 0.15) is 11.2 Å². The van der Waals surface area contributed by atoms with Gasteiger partial charge in [0, 0.05) is 53.1 Å². The number of furan rings is 1. The number of hydrogen-bond donors (Lipinski definition) is 1. The Kier molecular flexibility index (Phi) is 5.57. The third kappa shape index (κ3) is 3.88. The summed E-state index contributed by atoms with van der Waals surface area (Å²) in [7, 11) is 0. The first kappa shape index (κ1) is 26.9. The molecule has 0 fully saturated rings. The number of aliphatic imine (C=N–C) groups is 1. The van der Waals surface area contributed by atoms with Gasteiger partial charge in [-0.3, -0.25) is 0 Å². The van der Waals surface area contributed by atoms with Crippen molar-refractivity contribution >= 4 is 86.7 Å². The molecule has 0 saturated heterocycles. The van der Waals surface area contributed by atoms with E-state index in [-0.39, 0.29) is 0 Å². The molecule has 1 N–H and O–H groups in total. The molecule has 0 saturated carbocycles. The molecule has 1 aliphatic rings. The Labute approximate surface area is 285 Å². The van der Waals surface area contributed by atoms with E-state index in [4.69, 9.17) is 9.41 Å². The molecule has 230 valence electrons. The molecule has 5 heteroatoms. The van der Waals surface area contributed by atoms with Crippen LogP contribution < -0.4 is 5.32 Å². The summed E-state index contributed by atoms with van der Waals surface area (Å²) in [6, 6.07) is 54.0. The van der Waals surface area contributed by atoms with Crippen LogP contribution in [0.3, 0.4) is 0 Å². The van der Waals surface area contributed by atoms with E-state index in [1.807, 2.05) is 17.4 Å². The lowest BCUT2D eigenvalue weighted by Gasteiger charge is -2.28. The van der Waals surface area contributed by atoms with Gasteiger partial charge >= 0.3 is 0 Å². The zero-order valence-electron chi connectivity index (χ0n) is 26.2. The van der Waals surface area contributed by atoms with E-state index in [1.165, 1.54) is 25.7 Å². The molecule has 0 amide bonds. The molecular weight excluding hydrogens is 619 g/mol. The zero-order chi connectivity index (χ0) is 32.1. The molecule has 1 unspecified atom stereocenters. The summed E-state index contributed by atoms with van der Waals surface area (Å²) in [4.78, 5) is 5.63. The molecule has 0 radical (unpaired) electrons. The van der Waals surface area contributed by atoms with Crippen molar-refractivity contribution in [3.05, 3.63) is 163 Å². The van der Waals surface area contributed by atoms with Crippen LogP contribution in [0.5, 0.6) is 0 Å². The number of aromatic nitrogens is 1. The summed E-state index contributed by atoms with van der Waals surface area (Å²) in [5.74, 6) is 0. The lowest BCUT2D eigenvalue weighted by molar-refractivity contribution is 0.624. The van der Waals surface area contributed by atoms with Crippen LogP contribution in [0, 0.1) is 0 Å². The highest BCUT2D eigenvalue weighted by Crippen LogP contribution is 2.44. The van der Waals surface area contributed by atoms with Gasteiger partial charge in [0.05, 0.1) is 22.1 Å². The summed E-state index contributed by atoms with van der Waals surface area (Å²) in [6.45, 7) is 0. The highest BCUT2D eigenvalue weighted by molar-refractivity contribution is 7.26. The van der Waals surface area contributed by atoms with E-state index in [9.17, 15) is 0 Å². The van der Waals surface area contributed by atoms with E-state index in [0.717, 1.165) is 71.8 Å². The van der Waals surface area contributed by atoms with E-state index in [2.05, 4.69) is 155 Å². The molecule has 10 aromatic rings. The summed E-state index contributed by atoms with van der Waals surface area (Å²) in [5.41, 5.74) is 10.6. The van der Waals surface area contributed by atoms with Gasteiger partial charge in [0.2, 0.25) is 6.29 Å². The van der Waals surface area contributed by atoms with E-state index < -0.39 is 6.29 Å². The predicted octanol–water partition coefficient (Wildman–Crippen LogP) is 12.1. The number of para-hydroxylation sites is 2. The number of nitrogens with zero attached hydrogens (tertiary/aromatic N) is 2. The van der Waals surface area contributed by atoms with Crippen molar-refractivity contribution in [2.45, 2.75) is 6.29 Å². The first-order valence-electron chi connectivity index (χ1n) is 16.6. The summed E-state index contributed by atoms with van der Waals surface area (Å²) in [5, 5.41) is 10.9. The van der Waals surface area contributed by atoms with Crippen LogP contribution in [0.4, 0.5) is 5.69 Å². The van der Waals surface area contributed by atoms with Gasteiger partial charge in [-0.2, -0.15) is 0 Å². The summed E-state index contributed by atoms with van der Waals surface area (Å²) in [6.07, 6.45) is -0.401. The molecule has 0 aliphatic carbocycles. The Morgan fingerprint density at radius 2 is 1.33 bits per heavy atom. The molecule has 4 nitrogen and oxygen atoms in total. The number of anilines is 1. The largest absolute Gasteiger partial charge is 0.455 e. The van der Waals surface area contributed by atoms with Crippen molar-refractivity contribution < 1.29 is 4.42 Å². The third-order valence-electron chi connectivity index (χ3n) is 10.0. The Hall–Kier alpha value is -6.17. The van der Waals surface area contributed by atoms with Crippen molar-refractivity contribution in [3.63, 3.8) is 0 Å². The number of benzene rings is 7. The second-order valence-corrected chi connectivity index (χ2v) is 13.8. The fourth-order valence-electron chi connectivity index (χ4n) is 7.83. The molecule has 1 atom stereocenters. The molecule has 11 rings (SSSR count). The summed E-state index contributed by atoms with van der Waals surface area (Å²) < 4.78 is 11.6. The Bertz CT molecular complexity index is 2980. The smallest absolute Gasteiger partial charge is 0.201 e. The number of thiophene rings is 1. The maximum Gasteiger partial charge on any atom is 0.201 e. The fourth-order valence-corrected chi connectivity index (χ4v) is 9.05. The molecule has 0 bridgehead atoms. The van der Waals surface area contributed by atoms with Crippen LogP contribution in [0.1, 0.15) is 17.4 Å². The van der Waals surface area contributed by atoms with Gasteiger partial charge in [-0.05, 0) is 47.5 Å². The van der Waals surface area contributed by atoms with Gasteiger partial charge in [0.15, 0.2) is 0 Å². The number of rotatable bonds is 3. The second-order valence-electron chi connectivity index (χ2n) is 12.7. The number of hydrogen-bond acceptors (Lipinski definition) is 4. The van der Waals surface area contributed by atoms with Crippen molar-refractivity contribution in [1.82, 2.24) is 4.57 Å². The minimum absolute atomic E-state index is 0.401. The van der Waals surface area contributed by atoms with E-state index in [0.29, 0.717) is 0 Å². The van der Waals surface area contributed by atoms with Crippen LogP contribution in [-0.2, 0) is 0 Å². The lowest BCUT2D eigenvalue weighted by Crippen LogP contribution is -2.24.